The molecule has 0 aliphatic carbocycles. The van der Waals surface area contributed by atoms with Crippen molar-refractivity contribution in [2.24, 2.45) is 0 Å². The summed E-state index contributed by atoms with van der Waals surface area (Å²) < 4.78 is 0. The predicted octanol–water partition coefficient (Wildman–Crippen LogP) is 6.58. The van der Waals surface area contributed by atoms with Crippen molar-refractivity contribution in [2.75, 3.05) is 9.80 Å². The van der Waals surface area contributed by atoms with Crippen LogP contribution >= 0.6 is 0 Å². The van der Waals surface area contributed by atoms with Crippen molar-refractivity contribution in [1.29, 1.82) is 0 Å². The number of aromatic nitrogens is 4. The Hall–Kier alpha value is -5.56. The van der Waals surface area contributed by atoms with E-state index in [-0.39, 0.29) is 6.71 Å². The average molecular weight is 566 g/mol. The Morgan fingerprint density at radius 2 is 0.818 bits per heavy atom. The van der Waals surface area contributed by atoms with Crippen LogP contribution in [0.3, 0.4) is 0 Å². The number of anilines is 6. The van der Waals surface area contributed by atoms with Crippen LogP contribution < -0.4 is 26.2 Å². The fraction of sp³-hybridized carbons (Fsp3) is 0.0811. The molecule has 0 amide bonds. The van der Waals surface area contributed by atoms with Gasteiger partial charge in [-0.15, -0.1) is 0 Å². The summed E-state index contributed by atoms with van der Waals surface area (Å²) in [6, 6.07) is 31.1. The Morgan fingerprint density at radius 1 is 0.432 bits per heavy atom. The van der Waals surface area contributed by atoms with Crippen LogP contribution in [0, 0.1) is 20.8 Å². The maximum absolute atomic E-state index is 4.74. The SMILES string of the molecule is Cc1ccc(N2c3cc4nccnc4cc3B3c4cc5nccnc5cc4N(c4ccc(C)cc4)c4cc(C)cc2c43)cc1. The maximum Gasteiger partial charge on any atom is 0.252 e. The smallest absolute Gasteiger partial charge is 0.252 e. The first-order chi connectivity index (χ1) is 21.5. The Kier molecular flexibility index (Phi) is 5.24. The third kappa shape index (κ3) is 3.62. The third-order valence-electron chi connectivity index (χ3n) is 8.97. The lowest BCUT2D eigenvalue weighted by molar-refractivity contribution is 1.23. The lowest BCUT2D eigenvalue weighted by atomic mass is 9.33. The molecule has 7 heteroatoms. The second-order valence-corrected chi connectivity index (χ2v) is 11.9. The summed E-state index contributed by atoms with van der Waals surface area (Å²) in [5.74, 6) is 0. The molecule has 0 saturated heterocycles. The number of benzene rings is 5. The zero-order chi connectivity index (χ0) is 29.5. The number of aryl methyl sites for hydroxylation is 3. The van der Waals surface area contributed by atoms with Crippen molar-refractivity contribution in [3.8, 4) is 0 Å². The van der Waals surface area contributed by atoms with Gasteiger partial charge in [-0.2, -0.15) is 0 Å². The molecule has 0 bridgehead atoms. The number of fused-ring (bicyclic) bond motifs is 6. The van der Waals surface area contributed by atoms with Gasteiger partial charge in [0, 0.05) is 58.9 Å². The minimum absolute atomic E-state index is 0.0354. The highest BCUT2D eigenvalue weighted by Crippen LogP contribution is 2.45. The second kappa shape index (κ2) is 9.22. The molecule has 5 aromatic carbocycles. The Labute approximate surface area is 255 Å². The monoisotopic (exact) mass is 566 g/mol. The fourth-order valence-corrected chi connectivity index (χ4v) is 6.99. The van der Waals surface area contributed by atoms with Gasteiger partial charge in [-0.1, -0.05) is 35.4 Å². The molecule has 7 aromatic rings. The van der Waals surface area contributed by atoms with Crippen LogP contribution in [0.4, 0.5) is 34.1 Å². The lowest BCUT2D eigenvalue weighted by Crippen LogP contribution is -2.61. The highest BCUT2D eigenvalue weighted by molar-refractivity contribution is 7.00. The van der Waals surface area contributed by atoms with E-state index in [1.807, 2.05) is 0 Å². The van der Waals surface area contributed by atoms with E-state index >= 15 is 0 Å². The first-order valence-corrected chi connectivity index (χ1v) is 14.9. The predicted molar refractivity (Wildman–Crippen MR) is 181 cm³/mol. The zero-order valence-corrected chi connectivity index (χ0v) is 24.7. The van der Waals surface area contributed by atoms with Crippen LogP contribution in [0.25, 0.3) is 22.1 Å². The van der Waals surface area contributed by atoms with Gasteiger partial charge < -0.3 is 9.80 Å². The van der Waals surface area contributed by atoms with E-state index in [1.165, 1.54) is 44.5 Å². The lowest BCUT2D eigenvalue weighted by Gasteiger charge is -2.44. The molecule has 9 rings (SSSR count). The summed E-state index contributed by atoms with van der Waals surface area (Å²) in [5.41, 5.74) is 17.6. The minimum atomic E-state index is -0.0354. The normalized spacial score (nSPS) is 13.2. The van der Waals surface area contributed by atoms with Gasteiger partial charge in [-0.05, 0) is 103 Å². The third-order valence-corrected chi connectivity index (χ3v) is 8.97. The van der Waals surface area contributed by atoms with E-state index in [9.17, 15) is 0 Å². The van der Waals surface area contributed by atoms with Crippen molar-refractivity contribution in [1.82, 2.24) is 19.9 Å². The molecule has 0 saturated carbocycles. The quantitative estimate of drug-likeness (QED) is 0.221. The van der Waals surface area contributed by atoms with Crippen molar-refractivity contribution in [2.45, 2.75) is 20.8 Å². The molecular weight excluding hydrogens is 539 g/mol. The number of hydrogen-bond donors (Lipinski definition) is 0. The molecule has 0 radical (unpaired) electrons. The molecule has 4 heterocycles. The van der Waals surface area contributed by atoms with E-state index < -0.39 is 0 Å². The summed E-state index contributed by atoms with van der Waals surface area (Å²) in [6.07, 6.45) is 7.08. The second-order valence-electron chi connectivity index (χ2n) is 11.9. The van der Waals surface area contributed by atoms with Gasteiger partial charge in [-0.25, -0.2) is 0 Å². The van der Waals surface area contributed by atoms with Crippen molar-refractivity contribution >= 4 is 79.3 Å². The fourth-order valence-electron chi connectivity index (χ4n) is 6.99. The number of hydrogen-bond acceptors (Lipinski definition) is 6. The summed E-state index contributed by atoms with van der Waals surface area (Å²) in [4.78, 5) is 23.7. The van der Waals surface area contributed by atoms with Gasteiger partial charge in [0.1, 0.15) is 0 Å². The van der Waals surface area contributed by atoms with E-state index in [0.717, 1.165) is 44.8 Å². The molecular formula is C37H27BN6. The molecule has 2 aliphatic heterocycles. The number of nitrogens with zero attached hydrogens (tertiary/aromatic N) is 6. The van der Waals surface area contributed by atoms with Gasteiger partial charge in [0.15, 0.2) is 0 Å². The van der Waals surface area contributed by atoms with Crippen LogP contribution in [0.2, 0.25) is 0 Å². The summed E-state index contributed by atoms with van der Waals surface area (Å²) in [7, 11) is 0. The molecule has 2 aromatic heterocycles. The van der Waals surface area contributed by atoms with E-state index in [4.69, 9.17) is 19.9 Å². The first-order valence-electron chi connectivity index (χ1n) is 14.9. The molecule has 0 unspecified atom stereocenters. The Morgan fingerprint density at radius 3 is 1.23 bits per heavy atom. The maximum atomic E-state index is 4.74. The van der Waals surface area contributed by atoms with Crippen LogP contribution in [-0.2, 0) is 0 Å². The van der Waals surface area contributed by atoms with E-state index in [1.54, 1.807) is 24.8 Å². The van der Waals surface area contributed by atoms with Crippen molar-refractivity contribution in [3.63, 3.8) is 0 Å². The van der Waals surface area contributed by atoms with Gasteiger partial charge >= 0.3 is 0 Å². The van der Waals surface area contributed by atoms with Gasteiger partial charge in [0.25, 0.3) is 6.71 Å². The van der Waals surface area contributed by atoms with Crippen LogP contribution in [0.15, 0.2) is 110 Å². The topological polar surface area (TPSA) is 58.0 Å². The van der Waals surface area contributed by atoms with E-state index in [2.05, 4.69) is 116 Å². The average Bonchev–Trinajstić information content (AvgIpc) is 3.04. The highest BCUT2D eigenvalue weighted by atomic mass is 15.2. The van der Waals surface area contributed by atoms with E-state index in [0.29, 0.717) is 0 Å². The number of rotatable bonds is 2. The summed E-state index contributed by atoms with van der Waals surface area (Å²) >= 11 is 0. The molecule has 0 atom stereocenters. The van der Waals surface area contributed by atoms with Crippen LogP contribution in [0.5, 0.6) is 0 Å². The molecule has 44 heavy (non-hydrogen) atoms. The highest BCUT2D eigenvalue weighted by Gasteiger charge is 2.44. The largest absolute Gasteiger partial charge is 0.311 e. The molecule has 6 nitrogen and oxygen atoms in total. The van der Waals surface area contributed by atoms with Gasteiger partial charge in [0.05, 0.1) is 22.1 Å². The summed E-state index contributed by atoms with van der Waals surface area (Å²) in [6.45, 7) is 6.41. The Bertz CT molecular complexity index is 2120. The van der Waals surface area contributed by atoms with Gasteiger partial charge in [0.2, 0.25) is 0 Å². The minimum Gasteiger partial charge on any atom is -0.311 e. The molecule has 0 spiro atoms. The molecule has 208 valence electrons. The molecule has 0 N–H and O–H groups in total. The first kappa shape index (κ1) is 25.0. The standard InChI is InChI=1S/C37H27BN6/c1-22-4-8-25(9-5-22)43-33-20-31-29(39-12-14-41-31)18-27(33)38-28-19-30-32(42-15-13-40-30)21-34(28)44(26-10-6-23(2)7-11-26)36-17-24(3)16-35(43)37(36)38/h4-21H,1-3H3. The molecule has 2 aliphatic rings. The van der Waals surface area contributed by atoms with Crippen molar-refractivity contribution in [3.05, 3.63) is 126 Å². The van der Waals surface area contributed by atoms with Crippen molar-refractivity contribution < 1.29 is 0 Å². The zero-order valence-electron chi connectivity index (χ0n) is 24.7. The Balaban J connectivity index is 1.43. The molecule has 0 fully saturated rings. The van der Waals surface area contributed by atoms with Crippen LogP contribution in [-0.4, -0.2) is 26.6 Å². The summed E-state index contributed by atoms with van der Waals surface area (Å²) in [5, 5.41) is 0. The van der Waals surface area contributed by atoms with Crippen LogP contribution in [0.1, 0.15) is 16.7 Å². The van der Waals surface area contributed by atoms with Gasteiger partial charge in [-0.3, -0.25) is 19.9 Å².